The van der Waals surface area contributed by atoms with Crippen LogP contribution in [0.15, 0.2) is 48.5 Å². The van der Waals surface area contributed by atoms with Crippen LogP contribution in [0.1, 0.15) is 23.7 Å². The Kier molecular flexibility index (Phi) is 3.63. The molecule has 0 saturated carbocycles. The second-order valence-corrected chi connectivity index (χ2v) is 5.30. The Morgan fingerprint density at radius 2 is 1.86 bits per heavy atom. The third kappa shape index (κ3) is 2.57. The van der Waals surface area contributed by atoms with Gasteiger partial charge in [0.15, 0.2) is 0 Å². The van der Waals surface area contributed by atoms with E-state index in [-0.39, 0.29) is 24.3 Å². The highest BCUT2D eigenvalue weighted by Gasteiger charge is 2.30. The van der Waals surface area contributed by atoms with Crippen molar-refractivity contribution in [3.05, 3.63) is 59.9 Å². The van der Waals surface area contributed by atoms with Crippen LogP contribution in [0.3, 0.4) is 0 Å². The van der Waals surface area contributed by atoms with Gasteiger partial charge in [-0.25, -0.2) is 4.39 Å². The average Bonchev–Trinajstić information content (AvgIpc) is 2.61. The van der Waals surface area contributed by atoms with Crippen molar-refractivity contribution in [2.45, 2.75) is 19.4 Å². The lowest BCUT2D eigenvalue weighted by Gasteiger charge is -2.27. The average molecular weight is 298 g/mol. The molecule has 0 unspecified atom stereocenters. The lowest BCUT2D eigenvalue weighted by Crippen LogP contribution is -2.39. The molecular formula is C17H15FN2O2. The van der Waals surface area contributed by atoms with Gasteiger partial charge in [-0.05, 0) is 43.3 Å². The normalized spacial score (nSPS) is 17.5. The number of nitrogens with zero attached hydrogens (tertiary/aromatic N) is 1. The minimum Gasteiger partial charge on any atom is -0.324 e. The standard InChI is InChI=1S/C17H15FN2O2/c1-11-10-16(21)19-14-4-2-3-5-15(14)20(11)17(22)12-6-8-13(18)9-7-12/h2-9,11H,10H2,1H3,(H,19,21)/t11-/m0/s1. The second-order valence-electron chi connectivity index (χ2n) is 5.30. The van der Waals surface area contributed by atoms with Gasteiger partial charge in [0.1, 0.15) is 5.82 Å². The molecule has 1 aliphatic heterocycles. The van der Waals surface area contributed by atoms with Crippen LogP contribution in [-0.2, 0) is 4.79 Å². The Labute approximate surface area is 127 Å². The Hall–Kier alpha value is -2.69. The predicted octanol–water partition coefficient (Wildman–Crippen LogP) is 3.20. The molecular weight excluding hydrogens is 283 g/mol. The summed E-state index contributed by atoms with van der Waals surface area (Å²) >= 11 is 0. The monoisotopic (exact) mass is 298 g/mol. The molecule has 0 saturated heterocycles. The van der Waals surface area contributed by atoms with E-state index >= 15 is 0 Å². The molecule has 2 aromatic rings. The number of anilines is 2. The van der Waals surface area contributed by atoms with Gasteiger partial charge in [0.25, 0.3) is 5.91 Å². The molecule has 1 heterocycles. The van der Waals surface area contributed by atoms with E-state index < -0.39 is 5.82 Å². The van der Waals surface area contributed by atoms with E-state index in [1.54, 1.807) is 23.1 Å². The van der Waals surface area contributed by atoms with E-state index in [4.69, 9.17) is 0 Å². The molecule has 0 radical (unpaired) electrons. The summed E-state index contributed by atoms with van der Waals surface area (Å²) in [6, 6.07) is 12.3. The molecule has 2 aromatic carbocycles. The van der Waals surface area contributed by atoms with Crippen LogP contribution in [0.2, 0.25) is 0 Å². The molecule has 0 aliphatic carbocycles. The molecule has 4 nitrogen and oxygen atoms in total. The Balaban J connectivity index is 2.05. The number of rotatable bonds is 1. The maximum Gasteiger partial charge on any atom is 0.258 e. The smallest absolute Gasteiger partial charge is 0.258 e. The molecule has 0 spiro atoms. The molecule has 1 N–H and O–H groups in total. The fraction of sp³-hybridized carbons (Fsp3) is 0.176. The third-order valence-electron chi connectivity index (χ3n) is 3.67. The van der Waals surface area contributed by atoms with Crippen LogP contribution < -0.4 is 10.2 Å². The van der Waals surface area contributed by atoms with E-state index in [0.29, 0.717) is 16.9 Å². The van der Waals surface area contributed by atoms with E-state index in [1.807, 2.05) is 13.0 Å². The number of carbonyl (C=O) groups is 2. The number of amides is 2. The van der Waals surface area contributed by atoms with Crippen LogP contribution in [-0.4, -0.2) is 17.9 Å². The lowest BCUT2D eigenvalue weighted by atomic mass is 10.1. The summed E-state index contributed by atoms with van der Waals surface area (Å²) < 4.78 is 13.0. The molecule has 5 heteroatoms. The summed E-state index contributed by atoms with van der Waals surface area (Å²) in [4.78, 5) is 26.3. The van der Waals surface area contributed by atoms with Crippen molar-refractivity contribution in [2.24, 2.45) is 0 Å². The number of nitrogens with one attached hydrogen (secondary N) is 1. The zero-order valence-corrected chi connectivity index (χ0v) is 12.0. The summed E-state index contributed by atoms with van der Waals surface area (Å²) in [5.74, 6) is -0.775. The molecule has 3 rings (SSSR count). The quantitative estimate of drug-likeness (QED) is 0.879. The zero-order chi connectivity index (χ0) is 15.7. The van der Waals surface area contributed by atoms with Crippen molar-refractivity contribution >= 4 is 23.2 Å². The van der Waals surface area contributed by atoms with Gasteiger partial charge in [-0.1, -0.05) is 12.1 Å². The highest BCUT2D eigenvalue weighted by molar-refractivity contribution is 6.11. The Morgan fingerprint density at radius 3 is 2.59 bits per heavy atom. The first-order chi connectivity index (χ1) is 10.6. The minimum absolute atomic E-state index is 0.130. The predicted molar refractivity (Wildman–Crippen MR) is 82.4 cm³/mol. The summed E-state index contributed by atoms with van der Waals surface area (Å²) in [7, 11) is 0. The SMILES string of the molecule is C[C@H]1CC(=O)Nc2ccccc2N1C(=O)c1ccc(F)cc1. The van der Waals surface area contributed by atoms with Crippen molar-refractivity contribution in [2.75, 3.05) is 10.2 Å². The molecule has 0 bridgehead atoms. The fourth-order valence-electron chi connectivity index (χ4n) is 2.63. The number of carbonyl (C=O) groups excluding carboxylic acids is 2. The summed E-state index contributed by atoms with van der Waals surface area (Å²) in [5, 5.41) is 2.81. The largest absolute Gasteiger partial charge is 0.324 e. The van der Waals surface area contributed by atoms with Gasteiger partial charge in [-0.15, -0.1) is 0 Å². The first-order valence-electron chi connectivity index (χ1n) is 7.04. The molecule has 2 amide bonds. The first-order valence-corrected chi connectivity index (χ1v) is 7.04. The summed E-state index contributed by atoms with van der Waals surface area (Å²) in [6.07, 6.45) is 0.210. The number of hydrogen-bond acceptors (Lipinski definition) is 2. The molecule has 0 aromatic heterocycles. The van der Waals surface area contributed by atoms with E-state index in [1.165, 1.54) is 24.3 Å². The van der Waals surface area contributed by atoms with Gasteiger partial charge >= 0.3 is 0 Å². The number of benzene rings is 2. The van der Waals surface area contributed by atoms with Crippen molar-refractivity contribution < 1.29 is 14.0 Å². The number of para-hydroxylation sites is 2. The van der Waals surface area contributed by atoms with E-state index in [2.05, 4.69) is 5.32 Å². The van der Waals surface area contributed by atoms with Crippen molar-refractivity contribution in [1.29, 1.82) is 0 Å². The van der Waals surface area contributed by atoms with Crippen LogP contribution >= 0.6 is 0 Å². The van der Waals surface area contributed by atoms with Crippen LogP contribution in [0, 0.1) is 5.82 Å². The minimum atomic E-state index is -0.391. The zero-order valence-electron chi connectivity index (χ0n) is 12.0. The highest BCUT2D eigenvalue weighted by atomic mass is 19.1. The highest BCUT2D eigenvalue weighted by Crippen LogP contribution is 2.32. The fourth-order valence-corrected chi connectivity index (χ4v) is 2.63. The van der Waals surface area contributed by atoms with Gasteiger partial charge in [0.05, 0.1) is 11.4 Å². The molecule has 22 heavy (non-hydrogen) atoms. The van der Waals surface area contributed by atoms with E-state index in [9.17, 15) is 14.0 Å². The van der Waals surface area contributed by atoms with Crippen molar-refractivity contribution in [3.63, 3.8) is 0 Å². The molecule has 112 valence electrons. The van der Waals surface area contributed by atoms with Crippen LogP contribution in [0.4, 0.5) is 15.8 Å². The van der Waals surface area contributed by atoms with E-state index in [0.717, 1.165) is 0 Å². The Bertz CT molecular complexity index is 728. The topological polar surface area (TPSA) is 49.4 Å². The Morgan fingerprint density at radius 1 is 1.18 bits per heavy atom. The second kappa shape index (κ2) is 5.60. The van der Waals surface area contributed by atoms with Gasteiger partial charge in [-0.2, -0.15) is 0 Å². The lowest BCUT2D eigenvalue weighted by molar-refractivity contribution is -0.116. The van der Waals surface area contributed by atoms with Crippen LogP contribution in [0.25, 0.3) is 0 Å². The van der Waals surface area contributed by atoms with Gasteiger partial charge in [0, 0.05) is 18.0 Å². The van der Waals surface area contributed by atoms with Crippen molar-refractivity contribution in [3.8, 4) is 0 Å². The molecule has 0 fully saturated rings. The number of fused-ring (bicyclic) bond motifs is 1. The summed E-state index contributed by atoms with van der Waals surface area (Å²) in [6.45, 7) is 1.82. The number of halogens is 1. The van der Waals surface area contributed by atoms with Gasteiger partial charge in [0.2, 0.25) is 5.91 Å². The molecule has 1 atom stereocenters. The molecule has 1 aliphatic rings. The maximum absolute atomic E-state index is 13.0. The van der Waals surface area contributed by atoms with Crippen LogP contribution in [0.5, 0.6) is 0 Å². The number of hydrogen-bond donors (Lipinski definition) is 1. The summed E-state index contributed by atoms with van der Waals surface area (Å²) in [5.41, 5.74) is 1.64. The van der Waals surface area contributed by atoms with Crippen molar-refractivity contribution in [1.82, 2.24) is 0 Å². The van der Waals surface area contributed by atoms with Gasteiger partial charge in [-0.3, -0.25) is 9.59 Å². The van der Waals surface area contributed by atoms with Gasteiger partial charge < -0.3 is 10.2 Å². The first kappa shape index (κ1) is 14.3. The maximum atomic E-state index is 13.0. The third-order valence-corrected chi connectivity index (χ3v) is 3.67.